The molecule has 0 spiro atoms. The molecule has 1 aliphatic carbocycles. The van der Waals surface area contributed by atoms with Crippen LogP contribution in [0.5, 0.6) is 0 Å². The van der Waals surface area contributed by atoms with Gasteiger partial charge in [0.05, 0.1) is 18.8 Å². The summed E-state index contributed by atoms with van der Waals surface area (Å²) in [4.78, 5) is 24.5. The molecule has 1 fully saturated rings. The number of furan rings is 1. The summed E-state index contributed by atoms with van der Waals surface area (Å²) in [5.41, 5.74) is 0.215. The molecule has 0 saturated heterocycles. The number of methoxy groups -OCH3 is 1. The van der Waals surface area contributed by atoms with E-state index >= 15 is 0 Å². The number of hydrogen-bond acceptors (Lipinski definition) is 5. The molecule has 3 rings (SSSR count). The zero-order chi connectivity index (χ0) is 17.9. The van der Waals surface area contributed by atoms with Crippen LogP contribution in [0.2, 0.25) is 0 Å². The van der Waals surface area contributed by atoms with Crippen molar-refractivity contribution in [2.75, 3.05) is 7.11 Å². The van der Waals surface area contributed by atoms with Crippen LogP contribution < -0.4 is 0 Å². The Kier molecular flexibility index (Phi) is 4.88. The molecule has 0 aliphatic heterocycles. The Hall–Kier alpha value is -2.63. The van der Waals surface area contributed by atoms with Gasteiger partial charge in [-0.25, -0.2) is 9.18 Å². The van der Waals surface area contributed by atoms with E-state index in [4.69, 9.17) is 9.15 Å². The zero-order valence-corrected chi connectivity index (χ0v) is 13.9. The lowest BCUT2D eigenvalue weighted by atomic mass is 9.79. The maximum atomic E-state index is 13.2. The second kappa shape index (κ2) is 7.09. The summed E-state index contributed by atoms with van der Waals surface area (Å²) in [6.45, 7) is -0.154. The molecule has 1 aromatic carbocycles. The quantitative estimate of drug-likeness (QED) is 0.771. The van der Waals surface area contributed by atoms with Gasteiger partial charge in [0.1, 0.15) is 18.0 Å². The summed E-state index contributed by atoms with van der Waals surface area (Å²) in [6, 6.07) is 7.44. The summed E-state index contributed by atoms with van der Waals surface area (Å²) in [6.07, 6.45) is 4.46. The van der Waals surface area contributed by atoms with Gasteiger partial charge in [-0.2, -0.15) is 0 Å². The summed E-state index contributed by atoms with van der Waals surface area (Å²) in [5.74, 6) is -1.03. The Balaban J connectivity index is 1.78. The first-order valence-corrected chi connectivity index (χ1v) is 8.15. The molecule has 5 nitrogen and oxygen atoms in total. The van der Waals surface area contributed by atoms with Crippen molar-refractivity contribution < 1.29 is 27.9 Å². The highest BCUT2D eigenvalue weighted by Crippen LogP contribution is 2.42. The van der Waals surface area contributed by atoms with E-state index < -0.39 is 11.4 Å². The summed E-state index contributed by atoms with van der Waals surface area (Å²) >= 11 is 0. The minimum Gasteiger partial charge on any atom is -0.465 e. The van der Waals surface area contributed by atoms with Crippen LogP contribution in [0, 0.1) is 5.82 Å². The third kappa shape index (κ3) is 3.29. The van der Waals surface area contributed by atoms with E-state index in [9.17, 15) is 14.0 Å². The van der Waals surface area contributed by atoms with Gasteiger partial charge in [-0.1, -0.05) is 25.0 Å². The van der Waals surface area contributed by atoms with E-state index in [1.165, 1.54) is 31.6 Å². The van der Waals surface area contributed by atoms with E-state index in [-0.39, 0.29) is 29.7 Å². The normalized spacial score (nSPS) is 15.8. The molecule has 6 heteroatoms. The number of halogens is 1. The van der Waals surface area contributed by atoms with Crippen molar-refractivity contribution in [3.63, 3.8) is 0 Å². The smallest absolute Gasteiger partial charge is 0.341 e. The lowest BCUT2D eigenvalue weighted by Crippen LogP contribution is -2.34. The van der Waals surface area contributed by atoms with Crippen molar-refractivity contribution in [2.45, 2.75) is 37.7 Å². The Bertz CT molecular complexity index is 756. The van der Waals surface area contributed by atoms with Crippen molar-refractivity contribution in [2.24, 2.45) is 0 Å². The standard InChI is InChI=1S/C19H19FO5/c1-23-17(21)15-8-11-24-16(15)12-25-18(22)19(9-2-3-10-19)13-4-6-14(20)7-5-13/h4-8,11H,2-3,9-10,12H2,1H3. The van der Waals surface area contributed by atoms with Gasteiger partial charge in [0.25, 0.3) is 0 Å². The molecule has 132 valence electrons. The lowest BCUT2D eigenvalue weighted by molar-refractivity contribution is -0.152. The average Bonchev–Trinajstić information content (AvgIpc) is 3.29. The number of ether oxygens (including phenoxy) is 2. The van der Waals surface area contributed by atoms with Gasteiger partial charge in [-0.3, -0.25) is 4.79 Å². The van der Waals surface area contributed by atoms with Crippen LogP contribution in [0.1, 0.15) is 47.4 Å². The highest BCUT2D eigenvalue weighted by molar-refractivity contribution is 5.90. The van der Waals surface area contributed by atoms with Crippen LogP contribution in [0.3, 0.4) is 0 Å². The third-order valence-corrected chi connectivity index (χ3v) is 4.73. The number of carbonyl (C=O) groups is 2. The van der Waals surface area contributed by atoms with Gasteiger partial charge in [-0.15, -0.1) is 0 Å². The number of esters is 2. The molecule has 0 atom stereocenters. The molecule has 1 aliphatic rings. The Morgan fingerprint density at radius 1 is 1.16 bits per heavy atom. The predicted molar refractivity (Wildman–Crippen MR) is 86.4 cm³/mol. The minimum atomic E-state index is -0.772. The number of benzene rings is 1. The molecule has 1 saturated carbocycles. The van der Waals surface area contributed by atoms with Gasteiger partial charge in [-0.05, 0) is 36.6 Å². The van der Waals surface area contributed by atoms with Gasteiger partial charge in [0, 0.05) is 0 Å². The molecule has 0 unspecified atom stereocenters. The van der Waals surface area contributed by atoms with E-state index in [0.29, 0.717) is 12.8 Å². The fraction of sp³-hybridized carbons (Fsp3) is 0.368. The second-order valence-corrected chi connectivity index (χ2v) is 6.12. The number of carbonyl (C=O) groups excluding carboxylic acids is 2. The highest BCUT2D eigenvalue weighted by atomic mass is 19.1. The van der Waals surface area contributed by atoms with Crippen LogP contribution >= 0.6 is 0 Å². The van der Waals surface area contributed by atoms with E-state index in [0.717, 1.165) is 18.4 Å². The van der Waals surface area contributed by atoms with Crippen molar-refractivity contribution in [1.82, 2.24) is 0 Å². The molecule has 0 bridgehead atoms. The zero-order valence-electron chi connectivity index (χ0n) is 13.9. The molecule has 2 aromatic rings. The number of rotatable bonds is 5. The molecular formula is C19H19FO5. The summed E-state index contributed by atoms with van der Waals surface area (Å²) < 4.78 is 28.6. The maximum Gasteiger partial charge on any atom is 0.341 e. The molecule has 0 radical (unpaired) electrons. The first-order valence-electron chi connectivity index (χ1n) is 8.15. The minimum absolute atomic E-state index is 0.154. The highest BCUT2D eigenvalue weighted by Gasteiger charge is 2.44. The molecule has 1 aromatic heterocycles. The van der Waals surface area contributed by atoms with Crippen molar-refractivity contribution in [3.05, 3.63) is 59.3 Å². The molecule has 0 amide bonds. The van der Waals surface area contributed by atoms with Gasteiger partial charge in [0.2, 0.25) is 0 Å². The lowest BCUT2D eigenvalue weighted by Gasteiger charge is -2.27. The van der Waals surface area contributed by atoms with Crippen LogP contribution in [0.15, 0.2) is 41.0 Å². The Labute approximate surface area is 144 Å². The van der Waals surface area contributed by atoms with Crippen LogP contribution in [-0.4, -0.2) is 19.0 Å². The Morgan fingerprint density at radius 2 is 1.84 bits per heavy atom. The fourth-order valence-corrected chi connectivity index (χ4v) is 3.37. The number of hydrogen-bond donors (Lipinski definition) is 0. The summed E-state index contributed by atoms with van der Waals surface area (Å²) in [5, 5.41) is 0. The Morgan fingerprint density at radius 3 is 2.48 bits per heavy atom. The van der Waals surface area contributed by atoms with Gasteiger partial charge >= 0.3 is 11.9 Å². The van der Waals surface area contributed by atoms with Crippen LogP contribution in [-0.2, 0) is 26.3 Å². The molecular weight excluding hydrogens is 327 g/mol. The van der Waals surface area contributed by atoms with Crippen molar-refractivity contribution in [1.29, 1.82) is 0 Å². The van der Waals surface area contributed by atoms with E-state index in [1.807, 2.05) is 0 Å². The van der Waals surface area contributed by atoms with Gasteiger partial charge < -0.3 is 13.9 Å². The van der Waals surface area contributed by atoms with Crippen LogP contribution in [0.25, 0.3) is 0 Å². The first-order chi connectivity index (χ1) is 12.1. The van der Waals surface area contributed by atoms with Crippen molar-refractivity contribution in [3.8, 4) is 0 Å². The molecule has 1 heterocycles. The monoisotopic (exact) mass is 346 g/mol. The van der Waals surface area contributed by atoms with Crippen LogP contribution in [0.4, 0.5) is 4.39 Å². The van der Waals surface area contributed by atoms with Crippen molar-refractivity contribution >= 4 is 11.9 Å². The maximum absolute atomic E-state index is 13.2. The second-order valence-electron chi connectivity index (χ2n) is 6.12. The van der Waals surface area contributed by atoms with Gasteiger partial charge in [0.15, 0.2) is 5.76 Å². The average molecular weight is 346 g/mol. The fourth-order valence-electron chi connectivity index (χ4n) is 3.37. The first kappa shape index (κ1) is 17.2. The van der Waals surface area contributed by atoms with E-state index in [2.05, 4.69) is 4.74 Å². The molecule has 25 heavy (non-hydrogen) atoms. The SMILES string of the molecule is COC(=O)c1ccoc1COC(=O)C1(c2ccc(F)cc2)CCCC1. The molecule has 0 N–H and O–H groups in total. The third-order valence-electron chi connectivity index (χ3n) is 4.73. The topological polar surface area (TPSA) is 65.7 Å². The van der Waals surface area contributed by atoms with E-state index in [1.54, 1.807) is 12.1 Å². The summed E-state index contributed by atoms with van der Waals surface area (Å²) in [7, 11) is 1.27. The largest absolute Gasteiger partial charge is 0.465 e. The predicted octanol–water partition coefficient (Wildman–Crippen LogP) is 3.76.